The molecular formula is C22H21NS. The molecule has 3 rings (SSSR count). The van der Waals surface area contributed by atoms with Gasteiger partial charge in [-0.05, 0) is 39.9 Å². The Labute approximate surface area is 148 Å². The Hall–Kier alpha value is -2.29. The third-order valence-corrected chi connectivity index (χ3v) is 5.15. The highest BCUT2D eigenvalue weighted by molar-refractivity contribution is 7.98. The van der Waals surface area contributed by atoms with Gasteiger partial charge in [-0.1, -0.05) is 73.3 Å². The lowest BCUT2D eigenvalue weighted by Crippen LogP contribution is -1.95. The molecule has 0 aliphatic heterocycles. The second kappa shape index (κ2) is 8.00. The van der Waals surface area contributed by atoms with Gasteiger partial charge in [0.05, 0.1) is 0 Å². The van der Waals surface area contributed by atoms with E-state index in [4.69, 9.17) is 5.73 Å². The van der Waals surface area contributed by atoms with Crippen molar-refractivity contribution < 1.29 is 0 Å². The number of hydrogen-bond donors (Lipinski definition) is 1. The molecule has 1 nitrogen and oxygen atoms in total. The summed E-state index contributed by atoms with van der Waals surface area (Å²) in [6.07, 6.45) is 1.94. The van der Waals surface area contributed by atoms with Crippen LogP contribution in [0.25, 0.3) is 17.2 Å². The van der Waals surface area contributed by atoms with Crippen LogP contribution in [0.2, 0.25) is 0 Å². The van der Waals surface area contributed by atoms with Crippen molar-refractivity contribution >= 4 is 17.8 Å². The van der Waals surface area contributed by atoms with Crippen molar-refractivity contribution in [2.24, 2.45) is 5.73 Å². The number of hydrogen-bond acceptors (Lipinski definition) is 2. The Balaban J connectivity index is 1.80. The van der Waals surface area contributed by atoms with Gasteiger partial charge in [0.1, 0.15) is 0 Å². The first-order valence-corrected chi connectivity index (χ1v) is 9.01. The molecule has 0 radical (unpaired) electrons. The van der Waals surface area contributed by atoms with Gasteiger partial charge >= 0.3 is 0 Å². The second-order valence-electron chi connectivity index (χ2n) is 5.63. The van der Waals surface area contributed by atoms with Crippen LogP contribution in [0.5, 0.6) is 0 Å². The largest absolute Gasteiger partial charge is 0.326 e. The molecule has 0 fully saturated rings. The van der Waals surface area contributed by atoms with E-state index in [0.29, 0.717) is 6.54 Å². The van der Waals surface area contributed by atoms with Crippen molar-refractivity contribution in [2.45, 2.75) is 17.2 Å². The van der Waals surface area contributed by atoms with Crippen LogP contribution >= 0.6 is 11.8 Å². The first-order chi connectivity index (χ1) is 11.8. The normalized spacial score (nSPS) is 10.5. The summed E-state index contributed by atoms with van der Waals surface area (Å²) in [6, 6.07) is 25.5. The molecule has 120 valence electrons. The molecule has 2 heteroatoms. The molecular weight excluding hydrogens is 310 g/mol. The van der Waals surface area contributed by atoms with Gasteiger partial charge in [0.2, 0.25) is 0 Å². The maximum Gasteiger partial charge on any atom is 0.0232 e. The van der Waals surface area contributed by atoms with Crippen LogP contribution < -0.4 is 5.73 Å². The molecule has 3 aromatic rings. The van der Waals surface area contributed by atoms with E-state index in [-0.39, 0.29) is 0 Å². The Morgan fingerprint density at radius 2 is 1.54 bits per heavy atom. The van der Waals surface area contributed by atoms with E-state index in [1.54, 1.807) is 0 Å². The highest BCUT2D eigenvalue weighted by atomic mass is 32.2. The molecule has 0 aliphatic carbocycles. The minimum Gasteiger partial charge on any atom is -0.326 e. The Kier molecular flexibility index (Phi) is 5.52. The molecule has 3 aromatic carbocycles. The zero-order valence-corrected chi connectivity index (χ0v) is 14.4. The molecule has 0 atom stereocenters. The Morgan fingerprint density at radius 1 is 0.833 bits per heavy atom. The first-order valence-electron chi connectivity index (χ1n) is 8.03. The van der Waals surface area contributed by atoms with Crippen molar-refractivity contribution in [2.75, 3.05) is 0 Å². The molecule has 0 aliphatic rings. The molecule has 2 N–H and O–H groups in total. The van der Waals surface area contributed by atoms with Crippen LogP contribution in [0, 0.1) is 0 Å². The van der Waals surface area contributed by atoms with Gasteiger partial charge in [-0.3, -0.25) is 0 Å². The van der Waals surface area contributed by atoms with E-state index in [9.17, 15) is 0 Å². The van der Waals surface area contributed by atoms with Crippen LogP contribution in [0.1, 0.15) is 16.7 Å². The van der Waals surface area contributed by atoms with E-state index < -0.39 is 0 Å². The molecule has 0 spiro atoms. The van der Waals surface area contributed by atoms with E-state index in [1.165, 1.54) is 27.1 Å². The topological polar surface area (TPSA) is 26.0 Å². The summed E-state index contributed by atoms with van der Waals surface area (Å²) in [5, 5.41) is 0. The second-order valence-corrected chi connectivity index (χ2v) is 6.65. The zero-order chi connectivity index (χ0) is 16.8. The molecule has 24 heavy (non-hydrogen) atoms. The van der Waals surface area contributed by atoms with Gasteiger partial charge < -0.3 is 5.73 Å². The van der Waals surface area contributed by atoms with Gasteiger partial charge in [-0.15, -0.1) is 11.8 Å². The van der Waals surface area contributed by atoms with E-state index >= 15 is 0 Å². The van der Waals surface area contributed by atoms with E-state index in [1.807, 2.05) is 23.9 Å². The molecule has 0 amide bonds. The zero-order valence-electron chi connectivity index (χ0n) is 13.6. The van der Waals surface area contributed by atoms with E-state index in [2.05, 4.69) is 73.3 Å². The third-order valence-electron chi connectivity index (χ3n) is 3.99. The Bertz CT molecular complexity index is 807. The fraction of sp³-hybridized carbons (Fsp3) is 0.0909. The van der Waals surface area contributed by atoms with Gasteiger partial charge in [0, 0.05) is 17.2 Å². The number of nitrogens with two attached hydrogens (primary N) is 1. The molecule has 0 aromatic heterocycles. The molecule has 0 bridgehead atoms. The molecule has 0 saturated heterocycles. The van der Waals surface area contributed by atoms with Crippen LogP contribution in [0.3, 0.4) is 0 Å². The van der Waals surface area contributed by atoms with Gasteiger partial charge in [0.25, 0.3) is 0 Å². The minimum absolute atomic E-state index is 0.577. The SMILES string of the molecule is C=Cc1cc(-c2ccc(CN)cc2)ccc1SCc1ccccc1. The van der Waals surface area contributed by atoms with Crippen molar-refractivity contribution in [3.05, 3.63) is 96.1 Å². The minimum atomic E-state index is 0.577. The van der Waals surface area contributed by atoms with Crippen molar-refractivity contribution in [3.8, 4) is 11.1 Å². The lowest BCUT2D eigenvalue weighted by atomic mass is 10.0. The van der Waals surface area contributed by atoms with Crippen LogP contribution in [0.15, 0.2) is 84.3 Å². The quantitative estimate of drug-likeness (QED) is 0.582. The number of benzene rings is 3. The summed E-state index contributed by atoms with van der Waals surface area (Å²) in [7, 11) is 0. The van der Waals surface area contributed by atoms with Crippen molar-refractivity contribution in [1.82, 2.24) is 0 Å². The van der Waals surface area contributed by atoms with Crippen LogP contribution in [0.4, 0.5) is 0 Å². The predicted molar refractivity (Wildman–Crippen MR) is 106 cm³/mol. The van der Waals surface area contributed by atoms with Gasteiger partial charge in [-0.2, -0.15) is 0 Å². The smallest absolute Gasteiger partial charge is 0.0232 e. The van der Waals surface area contributed by atoms with Crippen molar-refractivity contribution in [1.29, 1.82) is 0 Å². The monoisotopic (exact) mass is 331 g/mol. The molecule has 0 heterocycles. The van der Waals surface area contributed by atoms with Crippen molar-refractivity contribution in [3.63, 3.8) is 0 Å². The lowest BCUT2D eigenvalue weighted by Gasteiger charge is -2.10. The van der Waals surface area contributed by atoms with Crippen LogP contribution in [-0.2, 0) is 12.3 Å². The third kappa shape index (κ3) is 3.97. The highest BCUT2D eigenvalue weighted by Gasteiger charge is 2.05. The van der Waals surface area contributed by atoms with Gasteiger partial charge in [0.15, 0.2) is 0 Å². The average Bonchev–Trinajstić information content (AvgIpc) is 2.67. The first kappa shape index (κ1) is 16.6. The molecule has 0 unspecified atom stereocenters. The summed E-state index contributed by atoms with van der Waals surface area (Å²) in [5.74, 6) is 0.965. The number of rotatable bonds is 6. The summed E-state index contributed by atoms with van der Waals surface area (Å²) in [5.41, 5.74) is 11.7. The standard InChI is InChI=1S/C22H21NS/c1-2-19-14-21(20-10-8-17(15-23)9-11-20)12-13-22(19)24-16-18-6-4-3-5-7-18/h2-14H,1,15-16,23H2. The predicted octanol–water partition coefficient (Wildman–Crippen LogP) is 5.75. The van der Waals surface area contributed by atoms with Gasteiger partial charge in [-0.25, -0.2) is 0 Å². The van der Waals surface area contributed by atoms with E-state index in [0.717, 1.165) is 11.3 Å². The highest BCUT2D eigenvalue weighted by Crippen LogP contribution is 2.31. The van der Waals surface area contributed by atoms with Crippen LogP contribution in [-0.4, -0.2) is 0 Å². The fourth-order valence-corrected chi connectivity index (χ4v) is 3.58. The summed E-state index contributed by atoms with van der Waals surface area (Å²) in [6.45, 7) is 4.56. The molecule has 0 saturated carbocycles. The number of thioether (sulfide) groups is 1. The summed E-state index contributed by atoms with van der Waals surface area (Å²) < 4.78 is 0. The lowest BCUT2D eigenvalue weighted by molar-refractivity contribution is 1.07. The maximum absolute atomic E-state index is 5.67. The summed E-state index contributed by atoms with van der Waals surface area (Å²) >= 11 is 1.85. The average molecular weight is 331 g/mol. The summed E-state index contributed by atoms with van der Waals surface area (Å²) in [4.78, 5) is 1.26. The fourth-order valence-electron chi connectivity index (χ4n) is 2.59. The Morgan fingerprint density at radius 3 is 2.21 bits per heavy atom. The maximum atomic E-state index is 5.67.